The highest BCUT2D eigenvalue weighted by atomic mass is 32.2. The van der Waals surface area contributed by atoms with Crippen molar-refractivity contribution in [1.29, 1.82) is 0 Å². The standard InChI is InChI=1S/C17H25N3O4S/c1-18-25(22,23)10-8-19-17(21)20-11-14(13-5-3-2-4-6-13)15-12-24-9-7-16(15)20/h2-6,14-16,18H,7-12H2,1H3,(H,19,21). The number of benzene rings is 1. The first-order chi connectivity index (χ1) is 12.0. The number of nitrogens with zero attached hydrogens (tertiary/aromatic N) is 1. The molecule has 2 aliphatic heterocycles. The maximum Gasteiger partial charge on any atom is 0.317 e. The molecule has 7 nitrogen and oxygen atoms in total. The number of hydrogen-bond acceptors (Lipinski definition) is 4. The lowest BCUT2D eigenvalue weighted by Crippen LogP contribution is -2.47. The molecular weight excluding hydrogens is 342 g/mol. The van der Waals surface area contributed by atoms with E-state index < -0.39 is 10.0 Å². The fourth-order valence-electron chi connectivity index (χ4n) is 3.78. The van der Waals surface area contributed by atoms with Gasteiger partial charge in [-0.1, -0.05) is 30.3 Å². The van der Waals surface area contributed by atoms with Crippen LogP contribution in [0.2, 0.25) is 0 Å². The molecule has 0 spiro atoms. The van der Waals surface area contributed by atoms with Crippen LogP contribution < -0.4 is 10.0 Å². The number of nitrogens with one attached hydrogen (secondary N) is 2. The number of amides is 2. The number of likely N-dealkylation sites (tertiary alicyclic amines) is 1. The summed E-state index contributed by atoms with van der Waals surface area (Å²) >= 11 is 0. The quantitative estimate of drug-likeness (QED) is 0.804. The SMILES string of the molecule is CNS(=O)(=O)CCNC(=O)N1CC(c2ccccc2)C2COCCC21. The van der Waals surface area contributed by atoms with E-state index in [2.05, 4.69) is 22.2 Å². The average molecular weight is 367 g/mol. The van der Waals surface area contributed by atoms with E-state index in [1.54, 1.807) is 0 Å². The van der Waals surface area contributed by atoms with Gasteiger partial charge in [-0.15, -0.1) is 0 Å². The highest BCUT2D eigenvalue weighted by Crippen LogP contribution is 2.40. The van der Waals surface area contributed by atoms with Crippen LogP contribution in [0.25, 0.3) is 0 Å². The second kappa shape index (κ2) is 7.72. The van der Waals surface area contributed by atoms with Gasteiger partial charge < -0.3 is 15.0 Å². The van der Waals surface area contributed by atoms with Gasteiger partial charge in [-0.2, -0.15) is 0 Å². The third-order valence-corrected chi connectivity index (χ3v) is 6.48. The van der Waals surface area contributed by atoms with Crippen molar-refractivity contribution in [2.75, 3.05) is 39.1 Å². The Morgan fingerprint density at radius 2 is 2.08 bits per heavy atom. The van der Waals surface area contributed by atoms with Gasteiger partial charge in [0.15, 0.2) is 0 Å². The Bertz CT molecular complexity index is 695. The highest BCUT2D eigenvalue weighted by Gasteiger charge is 2.45. The van der Waals surface area contributed by atoms with E-state index in [0.29, 0.717) is 19.8 Å². The summed E-state index contributed by atoms with van der Waals surface area (Å²) in [4.78, 5) is 14.5. The highest BCUT2D eigenvalue weighted by molar-refractivity contribution is 7.89. The molecule has 3 atom stereocenters. The number of carbonyl (C=O) groups excluding carboxylic acids is 1. The Balaban J connectivity index is 1.67. The second-order valence-electron chi connectivity index (χ2n) is 6.52. The third kappa shape index (κ3) is 4.13. The van der Waals surface area contributed by atoms with Crippen molar-refractivity contribution in [2.45, 2.75) is 18.4 Å². The molecule has 2 fully saturated rings. The lowest BCUT2D eigenvalue weighted by molar-refractivity contribution is 0.0262. The minimum atomic E-state index is -3.32. The molecule has 0 bridgehead atoms. The minimum absolute atomic E-state index is 0.0996. The Morgan fingerprint density at radius 1 is 1.32 bits per heavy atom. The van der Waals surface area contributed by atoms with Gasteiger partial charge in [0, 0.05) is 37.6 Å². The first-order valence-electron chi connectivity index (χ1n) is 8.60. The third-order valence-electron chi connectivity index (χ3n) is 5.12. The molecular formula is C17H25N3O4S. The molecule has 25 heavy (non-hydrogen) atoms. The molecule has 1 aromatic rings. The fraction of sp³-hybridized carbons (Fsp3) is 0.588. The summed E-state index contributed by atoms with van der Waals surface area (Å²) in [7, 11) is -1.95. The molecule has 3 rings (SSSR count). The summed E-state index contributed by atoms with van der Waals surface area (Å²) in [5.41, 5.74) is 1.22. The number of carbonyl (C=O) groups is 1. The molecule has 0 saturated carbocycles. The van der Waals surface area contributed by atoms with E-state index in [4.69, 9.17) is 4.74 Å². The van der Waals surface area contributed by atoms with E-state index in [1.165, 1.54) is 12.6 Å². The molecule has 1 aromatic carbocycles. The number of urea groups is 1. The number of sulfonamides is 1. The molecule has 3 unspecified atom stereocenters. The minimum Gasteiger partial charge on any atom is -0.381 e. The predicted octanol–water partition coefficient (Wildman–Crippen LogP) is 0.750. The maximum atomic E-state index is 12.6. The van der Waals surface area contributed by atoms with Crippen LogP contribution in [-0.2, 0) is 14.8 Å². The van der Waals surface area contributed by atoms with Gasteiger partial charge in [-0.25, -0.2) is 17.9 Å². The van der Waals surface area contributed by atoms with Crippen LogP contribution in [-0.4, -0.2) is 64.5 Å². The summed E-state index contributed by atoms with van der Waals surface area (Å²) in [6, 6.07) is 10.1. The van der Waals surface area contributed by atoms with Crippen LogP contribution in [0.3, 0.4) is 0 Å². The molecule has 2 N–H and O–H groups in total. The van der Waals surface area contributed by atoms with Gasteiger partial charge in [-0.3, -0.25) is 0 Å². The fourth-order valence-corrected chi connectivity index (χ4v) is 4.36. The molecule has 2 amide bonds. The number of fused-ring (bicyclic) bond motifs is 1. The van der Waals surface area contributed by atoms with E-state index in [0.717, 1.165) is 6.42 Å². The zero-order valence-corrected chi connectivity index (χ0v) is 15.2. The average Bonchev–Trinajstić information content (AvgIpc) is 3.02. The van der Waals surface area contributed by atoms with Crippen molar-refractivity contribution in [3.8, 4) is 0 Å². The van der Waals surface area contributed by atoms with E-state index in [-0.39, 0.29) is 36.2 Å². The van der Waals surface area contributed by atoms with Crippen molar-refractivity contribution in [3.63, 3.8) is 0 Å². The van der Waals surface area contributed by atoms with Gasteiger partial charge in [0.05, 0.1) is 12.4 Å². The molecule has 2 heterocycles. The van der Waals surface area contributed by atoms with Gasteiger partial charge in [0.2, 0.25) is 10.0 Å². The van der Waals surface area contributed by atoms with Crippen LogP contribution in [0.4, 0.5) is 4.79 Å². The summed E-state index contributed by atoms with van der Waals surface area (Å²) in [6.45, 7) is 2.04. The van der Waals surface area contributed by atoms with Gasteiger partial charge in [0.25, 0.3) is 0 Å². The lowest BCUT2D eigenvalue weighted by atomic mass is 9.84. The normalized spacial score (nSPS) is 26.3. The van der Waals surface area contributed by atoms with Gasteiger partial charge in [0.1, 0.15) is 0 Å². The summed E-state index contributed by atoms with van der Waals surface area (Å²) in [5, 5.41) is 2.75. The Kier molecular flexibility index (Phi) is 5.61. The first-order valence-corrected chi connectivity index (χ1v) is 10.3. The molecule has 2 aliphatic rings. The van der Waals surface area contributed by atoms with E-state index >= 15 is 0 Å². The number of rotatable bonds is 5. The summed E-state index contributed by atoms with van der Waals surface area (Å²) in [5.74, 6) is 0.406. The Hall–Kier alpha value is -1.64. The molecule has 0 aromatic heterocycles. The van der Waals surface area contributed by atoms with E-state index in [9.17, 15) is 13.2 Å². The largest absolute Gasteiger partial charge is 0.381 e. The van der Waals surface area contributed by atoms with Gasteiger partial charge in [-0.05, 0) is 19.0 Å². The molecule has 8 heteroatoms. The number of ether oxygens (including phenoxy) is 1. The van der Waals surface area contributed by atoms with Crippen LogP contribution >= 0.6 is 0 Å². The number of hydrogen-bond donors (Lipinski definition) is 2. The van der Waals surface area contributed by atoms with Crippen LogP contribution in [0.1, 0.15) is 17.9 Å². The topological polar surface area (TPSA) is 87.7 Å². The molecule has 0 radical (unpaired) electrons. The monoisotopic (exact) mass is 367 g/mol. The van der Waals surface area contributed by atoms with Crippen molar-refractivity contribution < 1.29 is 17.9 Å². The molecule has 2 saturated heterocycles. The maximum absolute atomic E-state index is 12.6. The van der Waals surface area contributed by atoms with Crippen molar-refractivity contribution in [2.24, 2.45) is 5.92 Å². The zero-order chi connectivity index (χ0) is 17.9. The predicted molar refractivity (Wildman–Crippen MR) is 94.8 cm³/mol. The molecule has 138 valence electrons. The van der Waals surface area contributed by atoms with Crippen LogP contribution in [0.5, 0.6) is 0 Å². The zero-order valence-electron chi connectivity index (χ0n) is 14.3. The van der Waals surface area contributed by atoms with Gasteiger partial charge >= 0.3 is 6.03 Å². The second-order valence-corrected chi connectivity index (χ2v) is 8.57. The van der Waals surface area contributed by atoms with Crippen molar-refractivity contribution in [3.05, 3.63) is 35.9 Å². The summed E-state index contributed by atoms with van der Waals surface area (Å²) < 4.78 is 30.9. The van der Waals surface area contributed by atoms with Crippen molar-refractivity contribution >= 4 is 16.1 Å². The van der Waals surface area contributed by atoms with Crippen LogP contribution in [0.15, 0.2) is 30.3 Å². The van der Waals surface area contributed by atoms with Crippen molar-refractivity contribution in [1.82, 2.24) is 14.9 Å². The Morgan fingerprint density at radius 3 is 2.80 bits per heavy atom. The Labute approximate surface area is 148 Å². The molecule has 0 aliphatic carbocycles. The van der Waals surface area contributed by atoms with Crippen LogP contribution in [0, 0.1) is 5.92 Å². The smallest absolute Gasteiger partial charge is 0.317 e. The first kappa shape index (κ1) is 18.2. The lowest BCUT2D eigenvalue weighted by Gasteiger charge is -2.32. The summed E-state index contributed by atoms with van der Waals surface area (Å²) in [6.07, 6.45) is 0.816. The van der Waals surface area contributed by atoms with E-state index in [1.807, 2.05) is 23.1 Å².